The van der Waals surface area contributed by atoms with Crippen LogP contribution < -0.4 is 10.6 Å². The van der Waals surface area contributed by atoms with Crippen molar-refractivity contribution in [2.24, 2.45) is 0 Å². The maximum atomic E-state index is 13.1. The number of carbonyl (C=O) groups is 1. The van der Waals surface area contributed by atoms with Gasteiger partial charge in [-0.25, -0.2) is 4.39 Å². The van der Waals surface area contributed by atoms with E-state index >= 15 is 0 Å². The molecular formula is C27H28FN3O. The largest absolute Gasteiger partial charge is 0.358 e. The maximum Gasteiger partial charge on any atom is 0.255 e. The number of rotatable bonds is 8. The highest BCUT2D eigenvalue weighted by Gasteiger charge is 2.12. The molecule has 4 nitrogen and oxygen atoms in total. The Morgan fingerprint density at radius 1 is 1.03 bits per heavy atom. The number of amides is 1. The van der Waals surface area contributed by atoms with Crippen LogP contribution in [0.2, 0.25) is 0 Å². The SMILES string of the molecule is Cc1[nH]c2ccc(NC(=O)c3ccc(F)cc3)cc2c1CCNCC(C)c1ccccc1. The van der Waals surface area contributed by atoms with Crippen molar-refractivity contribution in [1.82, 2.24) is 10.3 Å². The maximum absolute atomic E-state index is 13.1. The predicted molar refractivity (Wildman–Crippen MR) is 129 cm³/mol. The molecule has 0 aliphatic rings. The number of aromatic nitrogens is 1. The van der Waals surface area contributed by atoms with Gasteiger partial charge in [0.25, 0.3) is 5.91 Å². The zero-order chi connectivity index (χ0) is 22.5. The van der Waals surface area contributed by atoms with Gasteiger partial charge < -0.3 is 15.6 Å². The van der Waals surface area contributed by atoms with Gasteiger partial charge in [0.05, 0.1) is 0 Å². The summed E-state index contributed by atoms with van der Waals surface area (Å²) in [6.45, 7) is 6.11. The highest BCUT2D eigenvalue weighted by Crippen LogP contribution is 2.26. The minimum absolute atomic E-state index is 0.255. The van der Waals surface area contributed by atoms with Crippen molar-refractivity contribution in [3.63, 3.8) is 0 Å². The lowest BCUT2D eigenvalue weighted by molar-refractivity contribution is 0.102. The lowest BCUT2D eigenvalue weighted by atomic mass is 10.0. The Morgan fingerprint density at radius 3 is 2.53 bits per heavy atom. The monoisotopic (exact) mass is 429 g/mol. The standard InChI is InChI=1S/C27H28FN3O/c1-18(20-6-4-3-5-7-20)17-29-15-14-24-19(2)30-26-13-12-23(16-25(24)26)31-27(32)21-8-10-22(28)11-9-21/h3-13,16,18,29-30H,14-15,17H2,1-2H3,(H,31,32). The second-order valence-corrected chi connectivity index (χ2v) is 8.22. The van der Waals surface area contributed by atoms with E-state index in [9.17, 15) is 9.18 Å². The van der Waals surface area contributed by atoms with Crippen LogP contribution >= 0.6 is 0 Å². The highest BCUT2D eigenvalue weighted by atomic mass is 19.1. The van der Waals surface area contributed by atoms with Gasteiger partial charge in [-0.05, 0) is 79.4 Å². The molecule has 1 heterocycles. The average molecular weight is 430 g/mol. The quantitative estimate of drug-likeness (QED) is 0.310. The fraction of sp³-hybridized carbons (Fsp3) is 0.222. The number of anilines is 1. The minimum atomic E-state index is -0.359. The van der Waals surface area contributed by atoms with Gasteiger partial charge in [-0.1, -0.05) is 37.3 Å². The molecule has 4 rings (SSSR count). The first-order valence-corrected chi connectivity index (χ1v) is 10.9. The van der Waals surface area contributed by atoms with Gasteiger partial charge in [-0.15, -0.1) is 0 Å². The molecule has 0 saturated carbocycles. The number of benzene rings is 3. The van der Waals surface area contributed by atoms with Gasteiger partial charge in [0.1, 0.15) is 5.82 Å². The zero-order valence-electron chi connectivity index (χ0n) is 18.4. The number of aromatic amines is 1. The highest BCUT2D eigenvalue weighted by molar-refractivity contribution is 6.05. The summed E-state index contributed by atoms with van der Waals surface area (Å²) in [6.07, 6.45) is 0.892. The Bertz CT molecular complexity index is 1200. The smallest absolute Gasteiger partial charge is 0.255 e. The van der Waals surface area contributed by atoms with Crippen LogP contribution in [-0.2, 0) is 6.42 Å². The van der Waals surface area contributed by atoms with Gasteiger partial charge in [-0.2, -0.15) is 0 Å². The van der Waals surface area contributed by atoms with E-state index in [1.165, 1.54) is 35.4 Å². The van der Waals surface area contributed by atoms with Crippen molar-refractivity contribution in [2.75, 3.05) is 18.4 Å². The van der Waals surface area contributed by atoms with Crippen LogP contribution in [-0.4, -0.2) is 24.0 Å². The Balaban J connectivity index is 1.41. The molecule has 3 N–H and O–H groups in total. The number of carbonyl (C=O) groups excluding carboxylic acids is 1. The third kappa shape index (κ3) is 5.06. The predicted octanol–water partition coefficient (Wildman–Crippen LogP) is 5.80. The van der Waals surface area contributed by atoms with Crippen molar-refractivity contribution in [1.29, 1.82) is 0 Å². The fourth-order valence-corrected chi connectivity index (χ4v) is 4.02. The normalized spacial score (nSPS) is 12.1. The van der Waals surface area contributed by atoms with Gasteiger partial charge in [0, 0.05) is 34.4 Å². The summed E-state index contributed by atoms with van der Waals surface area (Å²) >= 11 is 0. The van der Waals surface area contributed by atoms with Gasteiger partial charge in [0.15, 0.2) is 0 Å². The van der Waals surface area contributed by atoms with E-state index < -0.39 is 0 Å². The molecule has 32 heavy (non-hydrogen) atoms. The van der Waals surface area contributed by atoms with Crippen LogP contribution in [0.5, 0.6) is 0 Å². The number of H-pyrrole nitrogens is 1. The molecule has 164 valence electrons. The topological polar surface area (TPSA) is 56.9 Å². The number of hydrogen-bond donors (Lipinski definition) is 3. The van der Waals surface area contributed by atoms with Crippen LogP contribution in [0.3, 0.4) is 0 Å². The molecule has 0 saturated heterocycles. The lowest BCUT2D eigenvalue weighted by Gasteiger charge is -2.13. The molecule has 5 heteroatoms. The van der Waals surface area contributed by atoms with E-state index in [1.807, 2.05) is 24.3 Å². The van der Waals surface area contributed by atoms with Crippen molar-refractivity contribution < 1.29 is 9.18 Å². The van der Waals surface area contributed by atoms with E-state index in [1.54, 1.807) is 0 Å². The number of aryl methyl sites for hydroxylation is 1. The number of halogens is 1. The molecule has 1 unspecified atom stereocenters. The van der Waals surface area contributed by atoms with Gasteiger partial charge in [-0.3, -0.25) is 4.79 Å². The van der Waals surface area contributed by atoms with Gasteiger partial charge in [0.2, 0.25) is 0 Å². The molecule has 0 spiro atoms. The van der Waals surface area contributed by atoms with Gasteiger partial charge >= 0.3 is 0 Å². The number of hydrogen-bond acceptors (Lipinski definition) is 2. The van der Waals surface area contributed by atoms with Crippen LogP contribution in [0, 0.1) is 12.7 Å². The third-order valence-corrected chi connectivity index (χ3v) is 5.85. The zero-order valence-corrected chi connectivity index (χ0v) is 18.4. The first kappa shape index (κ1) is 21.8. The summed E-state index contributed by atoms with van der Waals surface area (Å²) in [6, 6.07) is 21.9. The van der Waals surface area contributed by atoms with E-state index in [0.29, 0.717) is 11.5 Å². The average Bonchev–Trinajstić information content (AvgIpc) is 3.12. The molecule has 1 aromatic heterocycles. The summed E-state index contributed by atoms with van der Waals surface area (Å²) < 4.78 is 13.1. The lowest BCUT2D eigenvalue weighted by Crippen LogP contribution is -2.22. The Kier molecular flexibility index (Phi) is 6.66. The van der Waals surface area contributed by atoms with E-state index in [0.717, 1.165) is 41.8 Å². The van der Waals surface area contributed by atoms with Crippen molar-refractivity contribution >= 4 is 22.5 Å². The van der Waals surface area contributed by atoms with E-state index in [-0.39, 0.29) is 11.7 Å². The fourth-order valence-electron chi connectivity index (χ4n) is 4.02. The van der Waals surface area contributed by atoms with Crippen LogP contribution in [0.4, 0.5) is 10.1 Å². The summed E-state index contributed by atoms with van der Waals surface area (Å²) in [4.78, 5) is 15.9. The third-order valence-electron chi connectivity index (χ3n) is 5.85. The van der Waals surface area contributed by atoms with E-state index in [2.05, 4.69) is 53.7 Å². The molecule has 0 fully saturated rings. The summed E-state index contributed by atoms with van der Waals surface area (Å²) in [5.74, 6) is -0.162. The van der Waals surface area contributed by atoms with Crippen LogP contribution in [0.15, 0.2) is 72.8 Å². The van der Waals surface area contributed by atoms with Crippen molar-refractivity contribution in [3.8, 4) is 0 Å². The molecule has 1 atom stereocenters. The summed E-state index contributed by atoms with van der Waals surface area (Å²) in [7, 11) is 0. The van der Waals surface area contributed by atoms with Crippen LogP contribution in [0.25, 0.3) is 10.9 Å². The molecule has 0 radical (unpaired) electrons. The van der Waals surface area contributed by atoms with E-state index in [4.69, 9.17) is 0 Å². The van der Waals surface area contributed by atoms with Crippen LogP contribution in [0.1, 0.15) is 40.0 Å². The molecular weight excluding hydrogens is 401 g/mol. The summed E-state index contributed by atoms with van der Waals surface area (Å²) in [5, 5.41) is 7.60. The molecule has 0 bridgehead atoms. The molecule has 0 aliphatic carbocycles. The molecule has 0 aliphatic heterocycles. The second-order valence-electron chi connectivity index (χ2n) is 8.22. The second kappa shape index (κ2) is 9.79. The van der Waals surface area contributed by atoms with Crippen molar-refractivity contribution in [3.05, 3.63) is 101 Å². The molecule has 3 aromatic carbocycles. The Morgan fingerprint density at radius 2 is 1.78 bits per heavy atom. The first-order valence-electron chi connectivity index (χ1n) is 10.9. The van der Waals surface area contributed by atoms with Crippen molar-refractivity contribution in [2.45, 2.75) is 26.2 Å². The Labute approximate surface area is 187 Å². The first-order chi connectivity index (χ1) is 15.5. The molecule has 4 aromatic rings. The summed E-state index contributed by atoms with van der Waals surface area (Å²) in [5.41, 5.74) is 5.92. The number of fused-ring (bicyclic) bond motifs is 1. The Hall–Kier alpha value is -3.44. The molecule has 1 amide bonds. The minimum Gasteiger partial charge on any atom is -0.358 e. The number of nitrogens with one attached hydrogen (secondary N) is 3.